The van der Waals surface area contributed by atoms with Gasteiger partial charge in [-0.15, -0.1) is 11.6 Å². The van der Waals surface area contributed by atoms with E-state index in [1.165, 1.54) is 37.7 Å². The second-order valence-electron chi connectivity index (χ2n) is 4.54. The standard InChI is InChI=1S/C15H22ClNO/c1-2-3-4-5-6-7-13-8-10-14(11-9-13)17-15(18)12-16/h8-11H,2-7,12H2,1H3,(H,17,18). The lowest BCUT2D eigenvalue weighted by Gasteiger charge is -2.05. The number of aryl methyl sites for hydroxylation is 1. The van der Waals surface area contributed by atoms with E-state index in [1.807, 2.05) is 12.1 Å². The highest BCUT2D eigenvalue weighted by molar-refractivity contribution is 6.29. The minimum atomic E-state index is -0.163. The number of amides is 1. The molecular weight excluding hydrogens is 246 g/mol. The third-order valence-corrected chi connectivity index (χ3v) is 3.17. The molecule has 0 atom stereocenters. The highest BCUT2D eigenvalue weighted by atomic mass is 35.5. The van der Waals surface area contributed by atoms with Gasteiger partial charge in [-0.05, 0) is 30.5 Å². The van der Waals surface area contributed by atoms with Crippen molar-refractivity contribution in [3.8, 4) is 0 Å². The Balaban J connectivity index is 2.29. The second kappa shape index (κ2) is 8.98. The molecule has 0 aliphatic carbocycles. The van der Waals surface area contributed by atoms with Gasteiger partial charge < -0.3 is 5.32 Å². The first-order valence-corrected chi connectivity index (χ1v) is 7.24. The number of halogens is 1. The highest BCUT2D eigenvalue weighted by Gasteiger charge is 2.00. The van der Waals surface area contributed by atoms with Crippen LogP contribution in [0.5, 0.6) is 0 Å². The van der Waals surface area contributed by atoms with Gasteiger partial charge in [0.05, 0.1) is 0 Å². The first-order valence-electron chi connectivity index (χ1n) is 6.71. The molecule has 0 aliphatic rings. The quantitative estimate of drug-likeness (QED) is 0.550. The van der Waals surface area contributed by atoms with Gasteiger partial charge in [0.25, 0.3) is 0 Å². The van der Waals surface area contributed by atoms with Crippen molar-refractivity contribution < 1.29 is 4.79 Å². The summed E-state index contributed by atoms with van der Waals surface area (Å²) in [7, 11) is 0. The zero-order valence-corrected chi connectivity index (χ0v) is 11.8. The topological polar surface area (TPSA) is 29.1 Å². The molecular formula is C15H22ClNO. The van der Waals surface area contributed by atoms with Crippen molar-refractivity contribution in [3.63, 3.8) is 0 Å². The van der Waals surface area contributed by atoms with Crippen LogP contribution in [0.1, 0.15) is 44.6 Å². The summed E-state index contributed by atoms with van der Waals surface area (Å²) >= 11 is 5.43. The molecule has 1 rings (SSSR count). The molecule has 0 saturated carbocycles. The Kier molecular flexibility index (Phi) is 7.51. The Morgan fingerprint density at radius 1 is 1.11 bits per heavy atom. The first-order chi connectivity index (χ1) is 8.76. The average Bonchev–Trinajstić information content (AvgIpc) is 2.40. The van der Waals surface area contributed by atoms with Crippen molar-refractivity contribution >= 4 is 23.2 Å². The van der Waals surface area contributed by atoms with E-state index in [-0.39, 0.29) is 11.8 Å². The summed E-state index contributed by atoms with van der Waals surface area (Å²) in [6, 6.07) is 8.02. The van der Waals surface area contributed by atoms with E-state index in [1.54, 1.807) is 0 Å². The summed E-state index contributed by atoms with van der Waals surface area (Å²) in [4.78, 5) is 11.1. The summed E-state index contributed by atoms with van der Waals surface area (Å²) in [5, 5.41) is 2.73. The lowest BCUT2D eigenvalue weighted by atomic mass is 10.1. The third-order valence-electron chi connectivity index (χ3n) is 2.93. The number of rotatable bonds is 8. The van der Waals surface area contributed by atoms with E-state index in [9.17, 15) is 4.79 Å². The molecule has 3 heteroatoms. The third kappa shape index (κ3) is 6.06. The van der Waals surface area contributed by atoms with E-state index in [0.717, 1.165) is 12.1 Å². The second-order valence-corrected chi connectivity index (χ2v) is 4.81. The number of hydrogen-bond acceptors (Lipinski definition) is 1. The maximum atomic E-state index is 11.1. The Hall–Kier alpha value is -1.02. The fraction of sp³-hybridized carbons (Fsp3) is 0.533. The molecule has 1 N–H and O–H groups in total. The average molecular weight is 268 g/mol. The van der Waals surface area contributed by atoms with Crippen LogP contribution in [0, 0.1) is 0 Å². The van der Waals surface area contributed by atoms with E-state index in [0.29, 0.717) is 0 Å². The van der Waals surface area contributed by atoms with Crippen LogP contribution in [-0.2, 0) is 11.2 Å². The minimum Gasteiger partial charge on any atom is -0.325 e. The van der Waals surface area contributed by atoms with Gasteiger partial charge in [-0.25, -0.2) is 0 Å². The molecule has 1 aromatic carbocycles. The number of nitrogens with one attached hydrogen (secondary N) is 1. The normalized spacial score (nSPS) is 10.3. The molecule has 18 heavy (non-hydrogen) atoms. The predicted octanol–water partition coefficient (Wildman–Crippen LogP) is 4.38. The smallest absolute Gasteiger partial charge is 0.239 e. The molecule has 0 radical (unpaired) electrons. The van der Waals surface area contributed by atoms with E-state index >= 15 is 0 Å². The monoisotopic (exact) mass is 267 g/mol. The lowest BCUT2D eigenvalue weighted by molar-refractivity contribution is -0.113. The van der Waals surface area contributed by atoms with Gasteiger partial charge in [0.2, 0.25) is 5.91 Å². The van der Waals surface area contributed by atoms with E-state index < -0.39 is 0 Å². The number of benzene rings is 1. The highest BCUT2D eigenvalue weighted by Crippen LogP contribution is 2.13. The number of hydrogen-bond donors (Lipinski definition) is 1. The fourth-order valence-corrected chi connectivity index (χ4v) is 1.95. The predicted molar refractivity (Wildman–Crippen MR) is 78.3 cm³/mol. The van der Waals surface area contributed by atoms with Crippen molar-refractivity contribution in [2.24, 2.45) is 0 Å². The van der Waals surface area contributed by atoms with Crippen molar-refractivity contribution in [1.82, 2.24) is 0 Å². The number of carbonyl (C=O) groups is 1. The Bertz CT molecular complexity index is 348. The van der Waals surface area contributed by atoms with Gasteiger partial charge in [-0.1, -0.05) is 44.7 Å². The van der Waals surface area contributed by atoms with Crippen LogP contribution in [0.25, 0.3) is 0 Å². The van der Waals surface area contributed by atoms with Crippen LogP contribution in [-0.4, -0.2) is 11.8 Å². The summed E-state index contributed by atoms with van der Waals surface area (Å²) in [5.74, 6) is -0.164. The Labute approximate surface area is 115 Å². The zero-order valence-electron chi connectivity index (χ0n) is 11.0. The van der Waals surface area contributed by atoms with Gasteiger partial charge in [0.1, 0.15) is 5.88 Å². The molecule has 0 aromatic heterocycles. The maximum Gasteiger partial charge on any atom is 0.239 e. The first kappa shape index (κ1) is 15.0. The van der Waals surface area contributed by atoms with E-state index in [2.05, 4.69) is 24.4 Å². The number of unbranched alkanes of at least 4 members (excludes halogenated alkanes) is 4. The number of alkyl halides is 1. The van der Waals surface area contributed by atoms with Gasteiger partial charge in [-0.2, -0.15) is 0 Å². The maximum absolute atomic E-state index is 11.1. The molecule has 1 amide bonds. The van der Waals surface area contributed by atoms with Crippen molar-refractivity contribution in [3.05, 3.63) is 29.8 Å². The van der Waals surface area contributed by atoms with Crippen molar-refractivity contribution in [2.45, 2.75) is 45.4 Å². The molecule has 0 aliphatic heterocycles. The summed E-state index contributed by atoms with van der Waals surface area (Å²) in [6.07, 6.45) is 7.62. The molecule has 0 spiro atoms. The Morgan fingerprint density at radius 3 is 2.39 bits per heavy atom. The molecule has 100 valence electrons. The minimum absolute atomic E-state index is 0.000813. The molecule has 0 fully saturated rings. The van der Waals surface area contributed by atoms with E-state index in [4.69, 9.17) is 11.6 Å². The summed E-state index contributed by atoms with van der Waals surface area (Å²) in [6.45, 7) is 2.23. The van der Waals surface area contributed by atoms with Crippen LogP contribution in [0.15, 0.2) is 24.3 Å². The molecule has 1 aromatic rings. The van der Waals surface area contributed by atoms with Gasteiger partial charge >= 0.3 is 0 Å². The summed E-state index contributed by atoms with van der Waals surface area (Å²) < 4.78 is 0. The molecule has 0 unspecified atom stereocenters. The lowest BCUT2D eigenvalue weighted by Crippen LogP contribution is -2.12. The van der Waals surface area contributed by atoms with Crippen molar-refractivity contribution in [2.75, 3.05) is 11.2 Å². The molecule has 0 heterocycles. The van der Waals surface area contributed by atoms with Crippen LogP contribution < -0.4 is 5.32 Å². The largest absolute Gasteiger partial charge is 0.325 e. The van der Waals surface area contributed by atoms with Crippen LogP contribution in [0.3, 0.4) is 0 Å². The van der Waals surface area contributed by atoms with Crippen LogP contribution in [0.4, 0.5) is 5.69 Å². The van der Waals surface area contributed by atoms with Gasteiger partial charge in [0.15, 0.2) is 0 Å². The zero-order chi connectivity index (χ0) is 13.2. The molecule has 0 saturated heterocycles. The summed E-state index contributed by atoms with van der Waals surface area (Å²) in [5.41, 5.74) is 2.14. The van der Waals surface area contributed by atoms with Crippen LogP contribution >= 0.6 is 11.6 Å². The number of anilines is 1. The Morgan fingerprint density at radius 2 is 1.78 bits per heavy atom. The van der Waals surface area contributed by atoms with Gasteiger partial charge in [-0.3, -0.25) is 4.79 Å². The van der Waals surface area contributed by atoms with Crippen molar-refractivity contribution in [1.29, 1.82) is 0 Å². The number of carbonyl (C=O) groups excluding carboxylic acids is 1. The fourth-order valence-electron chi connectivity index (χ4n) is 1.88. The molecule has 2 nitrogen and oxygen atoms in total. The molecule has 0 bridgehead atoms. The van der Waals surface area contributed by atoms with Gasteiger partial charge in [0, 0.05) is 5.69 Å². The SMILES string of the molecule is CCCCCCCc1ccc(NC(=O)CCl)cc1. The van der Waals surface area contributed by atoms with Crippen LogP contribution in [0.2, 0.25) is 0 Å².